The second-order valence-corrected chi connectivity index (χ2v) is 7.09. The minimum absolute atomic E-state index is 0.0200. The van der Waals surface area contributed by atoms with Crippen molar-refractivity contribution in [2.24, 2.45) is 0 Å². The number of nitro benzene ring substituents is 1. The number of hydrogen-bond donors (Lipinski definition) is 1. The van der Waals surface area contributed by atoms with Gasteiger partial charge in [0.25, 0.3) is 5.69 Å². The lowest BCUT2D eigenvalue weighted by Gasteiger charge is -2.48. The number of rotatable bonds is 5. The zero-order valence-corrected chi connectivity index (χ0v) is 14.6. The SMILES string of the molecule is O=[N+]([O-])c1cc(Cl)ccc1NCC1(N2CCCCC2)CCOCC1. The largest absolute Gasteiger partial charge is 0.381 e. The zero-order valence-electron chi connectivity index (χ0n) is 13.8. The highest BCUT2D eigenvalue weighted by molar-refractivity contribution is 6.30. The lowest BCUT2D eigenvalue weighted by molar-refractivity contribution is -0.384. The van der Waals surface area contributed by atoms with E-state index in [1.165, 1.54) is 25.3 Å². The molecule has 2 fully saturated rings. The van der Waals surface area contributed by atoms with Crippen LogP contribution in [0.25, 0.3) is 0 Å². The van der Waals surface area contributed by atoms with Crippen molar-refractivity contribution < 1.29 is 9.66 Å². The summed E-state index contributed by atoms with van der Waals surface area (Å²) in [6, 6.07) is 4.79. The number of nitrogens with one attached hydrogen (secondary N) is 1. The molecule has 6 nitrogen and oxygen atoms in total. The molecule has 0 unspecified atom stereocenters. The standard InChI is InChI=1S/C17H24ClN3O3/c18-14-4-5-15(16(12-14)21(22)23)19-13-17(6-10-24-11-7-17)20-8-2-1-3-9-20/h4-5,12,19H,1-3,6-11,13H2. The number of hydrogen-bond acceptors (Lipinski definition) is 5. The highest BCUT2D eigenvalue weighted by Crippen LogP contribution is 2.33. The fraction of sp³-hybridized carbons (Fsp3) is 0.647. The van der Waals surface area contributed by atoms with Crippen molar-refractivity contribution in [3.8, 4) is 0 Å². The van der Waals surface area contributed by atoms with E-state index in [0.29, 0.717) is 17.3 Å². The van der Waals surface area contributed by atoms with Crippen LogP contribution in [0, 0.1) is 10.1 Å². The first-order chi connectivity index (χ1) is 11.6. The van der Waals surface area contributed by atoms with Crippen molar-refractivity contribution in [2.45, 2.75) is 37.6 Å². The first-order valence-electron chi connectivity index (χ1n) is 8.61. The number of anilines is 1. The van der Waals surface area contributed by atoms with E-state index in [1.807, 2.05) is 0 Å². The summed E-state index contributed by atoms with van der Waals surface area (Å²) < 4.78 is 5.57. The average molecular weight is 354 g/mol. The van der Waals surface area contributed by atoms with Crippen LogP contribution in [0.5, 0.6) is 0 Å². The van der Waals surface area contributed by atoms with Crippen molar-refractivity contribution >= 4 is 23.0 Å². The highest BCUT2D eigenvalue weighted by atomic mass is 35.5. The Morgan fingerprint density at radius 3 is 2.62 bits per heavy atom. The van der Waals surface area contributed by atoms with Gasteiger partial charge < -0.3 is 10.1 Å². The van der Waals surface area contributed by atoms with Gasteiger partial charge >= 0.3 is 0 Å². The number of ether oxygens (including phenoxy) is 1. The van der Waals surface area contributed by atoms with Gasteiger partial charge in [0.1, 0.15) is 5.69 Å². The molecule has 2 heterocycles. The van der Waals surface area contributed by atoms with Gasteiger partial charge in [-0.25, -0.2) is 0 Å². The highest BCUT2D eigenvalue weighted by Gasteiger charge is 2.39. The molecular weight excluding hydrogens is 330 g/mol. The molecule has 24 heavy (non-hydrogen) atoms. The second-order valence-electron chi connectivity index (χ2n) is 6.66. The van der Waals surface area contributed by atoms with Crippen LogP contribution in [-0.4, -0.2) is 48.2 Å². The van der Waals surface area contributed by atoms with E-state index >= 15 is 0 Å². The molecule has 1 aromatic carbocycles. The van der Waals surface area contributed by atoms with Gasteiger partial charge in [-0.15, -0.1) is 0 Å². The predicted octanol–water partition coefficient (Wildman–Crippen LogP) is 3.70. The summed E-state index contributed by atoms with van der Waals surface area (Å²) >= 11 is 5.90. The second kappa shape index (κ2) is 7.68. The Balaban J connectivity index is 1.77. The number of piperidine rings is 1. The van der Waals surface area contributed by atoms with Crippen molar-refractivity contribution in [1.82, 2.24) is 4.90 Å². The minimum atomic E-state index is -0.383. The van der Waals surface area contributed by atoms with Crippen molar-refractivity contribution in [3.05, 3.63) is 33.3 Å². The summed E-state index contributed by atoms with van der Waals surface area (Å²) in [5.74, 6) is 0. The van der Waals surface area contributed by atoms with Crippen LogP contribution in [0.15, 0.2) is 18.2 Å². The zero-order chi connectivity index (χ0) is 17.0. The minimum Gasteiger partial charge on any atom is -0.381 e. The molecule has 0 bridgehead atoms. The fourth-order valence-corrected chi connectivity index (χ4v) is 3.96. The molecule has 0 amide bonds. The van der Waals surface area contributed by atoms with Crippen molar-refractivity contribution in [1.29, 1.82) is 0 Å². The van der Waals surface area contributed by atoms with Crippen LogP contribution >= 0.6 is 11.6 Å². The summed E-state index contributed by atoms with van der Waals surface area (Å²) in [6.07, 6.45) is 5.66. The summed E-state index contributed by atoms with van der Waals surface area (Å²) in [4.78, 5) is 13.5. The molecule has 1 N–H and O–H groups in total. The van der Waals surface area contributed by atoms with E-state index in [4.69, 9.17) is 16.3 Å². The Hall–Kier alpha value is -1.37. The molecule has 2 aliphatic heterocycles. The van der Waals surface area contributed by atoms with Crippen LogP contribution in [0.4, 0.5) is 11.4 Å². The van der Waals surface area contributed by atoms with E-state index in [9.17, 15) is 10.1 Å². The van der Waals surface area contributed by atoms with Gasteiger partial charge in [0.05, 0.1) is 4.92 Å². The van der Waals surface area contributed by atoms with E-state index < -0.39 is 0 Å². The van der Waals surface area contributed by atoms with Crippen LogP contribution in [0.1, 0.15) is 32.1 Å². The van der Waals surface area contributed by atoms with Gasteiger partial charge in [-0.2, -0.15) is 0 Å². The number of likely N-dealkylation sites (tertiary alicyclic amines) is 1. The molecule has 0 spiro atoms. The first-order valence-corrected chi connectivity index (χ1v) is 8.99. The Morgan fingerprint density at radius 1 is 1.25 bits per heavy atom. The molecule has 2 saturated heterocycles. The molecule has 1 aromatic rings. The average Bonchev–Trinajstić information content (AvgIpc) is 2.62. The monoisotopic (exact) mass is 353 g/mol. The van der Waals surface area contributed by atoms with E-state index in [2.05, 4.69) is 10.2 Å². The molecule has 132 valence electrons. The van der Waals surface area contributed by atoms with Gasteiger partial charge in [0.15, 0.2) is 0 Å². The molecule has 7 heteroatoms. The van der Waals surface area contributed by atoms with Crippen molar-refractivity contribution in [3.63, 3.8) is 0 Å². The molecule has 0 radical (unpaired) electrons. The quantitative estimate of drug-likeness (QED) is 0.645. The third kappa shape index (κ3) is 3.82. The first kappa shape index (κ1) is 17.5. The van der Waals surface area contributed by atoms with Crippen LogP contribution < -0.4 is 5.32 Å². The Kier molecular flexibility index (Phi) is 5.58. The van der Waals surface area contributed by atoms with Gasteiger partial charge in [-0.1, -0.05) is 18.0 Å². The number of benzene rings is 1. The molecule has 2 aliphatic rings. The summed E-state index contributed by atoms with van der Waals surface area (Å²) in [6.45, 7) is 4.40. The number of nitrogens with zero attached hydrogens (tertiary/aromatic N) is 2. The number of halogens is 1. The van der Waals surface area contributed by atoms with Crippen LogP contribution in [0.3, 0.4) is 0 Å². The maximum Gasteiger partial charge on any atom is 0.293 e. The van der Waals surface area contributed by atoms with Crippen LogP contribution in [-0.2, 0) is 4.74 Å². The van der Waals surface area contributed by atoms with Crippen molar-refractivity contribution in [2.75, 3.05) is 38.2 Å². The summed E-state index contributed by atoms with van der Waals surface area (Å²) in [7, 11) is 0. The van der Waals surface area contributed by atoms with Gasteiger partial charge in [-0.05, 0) is 50.9 Å². The molecule has 0 atom stereocenters. The maximum absolute atomic E-state index is 11.3. The third-order valence-electron chi connectivity index (χ3n) is 5.21. The molecular formula is C17H24ClN3O3. The topological polar surface area (TPSA) is 67.6 Å². The van der Waals surface area contributed by atoms with Gasteiger partial charge in [-0.3, -0.25) is 15.0 Å². The molecule has 0 aromatic heterocycles. The Labute approximate surface area is 147 Å². The Morgan fingerprint density at radius 2 is 1.96 bits per heavy atom. The molecule has 3 rings (SSSR count). The van der Waals surface area contributed by atoms with Gasteiger partial charge in [0.2, 0.25) is 0 Å². The normalized spacial score (nSPS) is 21.4. The third-order valence-corrected chi connectivity index (χ3v) is 5.45. The Bertz CT molecular complexity index is 584. The van der Waals surface area contributed by atoms with E-state index in [0.717, 1.165) is 39.1 Å². The van der Waals surface area contributed by atoms with Gasteiger partial charge in [0, 0.05) is 36.4 Å². The maximum atomic E-state index is 11.3. The number of nitro groups is 1. The lowest BCUT2D eigenvalue weighted by Crippen LogP contribution is -2.57. The lowest BCUT2D eigenvalue weighted by atomic mass is 9.86. The fourth-order valence-electron chi connectivity index (χ4n) is 3.79. The predicted molar refractivity (Wildman–Crippen MR) is 94.8 cm³/mol. The summed E-state index contributed by atoms with van der Waals surface area (Å²) in [5.41, 5.74) is 0.585. The van der Waals surface area contributed by atoms with Crippen LogP contribution in [0.2, 0.25) is 5.02 Å². The smallest absolute Gasteiger partial charge is 0.293 e. The van der Waals surface area contributed by atoms with E-state index in [-0.39, 0.29) is 16.1 Å². The van der Waals surface area contributed by atoms with E-state index in [1.54, 1.807) is 12.1 Å². The summed E-state index contributed by atoms with van der Waals surface area (Å²) in [5, 5.41) is 15.0. The molecule has 0 saturated carbocycles. The molecule has 0 aliphatic carbocycles.